The highest BCUT2D eigenvalue weighted by molar-refractivity contribution is 6.03. The summed E-state index contributed by atoms with van der Waals surface area (Å²) in [5.41, 5.74) is 3.82. The predicted molar refractivity (Wildman–Crippen MR) is 116 cm³/mol. The van der Waals surface area contributed by atoms with Crippen molar-refractivity contribution in [2.75, 3.05) is 48.8 Å². The van der Waals surface area contributed by atoms with Gasteiger partial charge in [0.1, 0.15) is 0 Å². The summed E-state index contributed by atoms with van der Waals surface area (Å²) < 4.78 is 0. The molecule has 2 N–H and O–H groups in total. The molecule has 1 heterocycles. The average molecular weight is 393 g/mol. The molecule has 1 aliphatic carbocycles. The van der Waals surface area contributed by atoms with Crippen molar-refractivity contribution in [2.45, 2.75) is 13.3 Å². The number of hydrogen-bond acceptors (Lipinski definition) is 4. The van der Waals surface area contributed by atoms with Crippen LogP contribution in [0.5, 0.6) is 0 Å². The Bertz CT molecular complexity index is 888. The van der Waals surface area contributed by atoms with Gasteiger partial charge in [-0.1, -0.05) is 12.1 Å². The molecule has 1 saturated heterocycles. The van der Waals surface area contributed by atoms with Crippen LogP contribution in [0.2, 0.25) is 0 Å². The standard InChI is InChI=1S/C23H28N4O2/c1-16-4-3-5-18(14-16)25-23(29)21-15-20(21)22(28)24-17-6-8-19(9-7-17)27-12-10-26(2)11-13-27/h3-9,14,20-21H,10-13,15H2,1-2H3,(H,24,28)(H,25,29). The third-order valence-corrected chi connectivity index (χ3v) is 5.75. The maximum Gasteiger partial charge on any atom is 0.228 e. The first kappa shape index (κ1) is 19.5. The molecule has 0 bridgehead atoms. The first-order chi connectivity index (χ1) is 14.0. The van der Waals surface area contributed by atoms with Crippen LogP contribution in [0.25, 0.3) is 0 Å². The van der Waals surface area contributed by atoms with Gasteiger partial charge >= 0.3 is 0 Å². The van der Waals surface area contributed by atoms with Crippen LogP contribution in [0, 0.1) is 18.8 Å². The van der Waals surface area contributed by atoms with Crippen LogP contribution in [0.4, 0.5) is 17.1 Å². The van der Waals surface area contributed by atoms with Crippen LogP contribution in [-0.2, 0) is 9.59 Å². The van der Waals surface area contributed by atoms with Gasteiger partial charge in [-0.15, -0.1) is 0 Å². The lowest BCUT2D eigenvalue weighted by Gasteiger charge is -2.34. The van der Waals surface area contributed by atoms with Crippen LogP contribution in [0.3, 0.4) is 0 Å². The third-order valence-electron chi connectivity index (χ3n) is 5.75. The molecule has 1 aliphatic heterocycles. The summed E-state index contributed by atoms with van der Waals surface area (Å²) in [5.74, 6) is -0.667. The van der Waals surface area contributed by atoms with Crippen molar-refractivity contribution in [3.05, 3.63) is 54.1 Å². The topological polar surface area (TPSA) is 64.7 Å². The summed E-state index contributed by atoms with van der Waals surface area (Å²) in [6, 6.07) is 15.7. The van der Waals surface area contributed by atoms with Crippen LogP contribution < -0.4 is 15.5 Å². The minimum atomic E-state index is -0.253. The Kier molecular flexibility index (Phi) is 5.53. The lowest BCUT2D eigenvalue weighted by Crippen LogP contribution is -2.44. The fraction of sp³-hybridized carbons (Fsp3) is 0.391. The second-order valence-corrected chi connectivity index (χ2v) is 8.13. The van der Waals surface area contributed by atoms with Gasteiger partial charge in [0, 0.05) is 43.2 Å². The number of carbonyl (C=O) groups is 2. The van der Waals surface area contributed by atoms with Gasteiger partial charge in [-0.05, 0) is 62.4 Å². The molecule has 2 amide bonds. The second-order valence-electron chi connectivity index (χ2n) is 8.13. The minimum Gasteiger partial charge on any atom is -0.369 e. The van der Waals surface area contributed by atoms with Gasteiger partial charge in [0.25, 0.3) is 0 Å². The van der Waals surface area contributed by atoms with Crippen molar-refractivity contribution in [3.8, 4) is 0 Å². The van der Waals surface area contributed by atoms with E-state index in [0.717, 1.165) is 43.1 Å². The Balaban J connectivity index is 1.28. The van der Waals surface area contributed by atoms with E-state index in [4.69, 9.17) is 0 Å². The zero-order valence-electron chi connectivity index (χ0n) is 17.0. The van der Waals surface area contributed by atoms with Crippen LogP contribution in [0.15, 0.2) is 48.5 Å². The Morgan fingerprint density at radius 2 is 1.48 bits per heavy atom. The van der Waals surface area contributed by atoms with E-state index in [9.17, 15) is 9.59 Å². The number of piperazine rings is 1. The first-order valence-corrected chi connectivity index (χ1v) is 10.2. The number of nitrogens with one attached hydrogen (secondary N) is 2. The van der Waals surface area contributed by atoms with E-state index in [0.29, 0.717) is 6.42 Å². The van der Waals surface area contributed by atoms with Gasteiger partial charge in [0.2, 0.25) is 11.8 Å². The zero-order valence-corrected chi connectivity index (χ0v) is 17.0. The summed E-state index contributed by atoms with van der Waals surface area (Å²) in [5, 5.41) is 5.87. The molecule has 6 heteroatoms. The molecule has 0 spiro atoms. The molecule has 2 atom stereocenters. The molecule has 4 rings (SSSR count). The van der Waals surface area contributed by atoms with Gasteiger partial charge in [-0.3, -0.25) is 9.59 Å². The molecule has 0 radical (unpaired) electrons. The highest BCUT2D eigenvalue weighted by Gasteiger charge is 2.48. The number of aryl methyl sites for hydroxylation is 1. The van der Waals surface area contributed by atoms with Gasteiger partial charge in [0.15, 0.2) is 0 Å². The van der Waals surface area contributed by atoms with Crippen LogP contribution in [0.1, 0.15) is 12.0 Å². The number of anilines is 3. The SMILES string of the molecule is Cc1cccc(NC(=O)C2CC2C(=O)Nc2ccc(N3CCN(C)CC3)cc2)c1. The monoisotopic (exact) mass is 392 g/mol. The van der Waals surface area contributed by atoms with Gasteiger partial charge in [-0.25, -0.2) is 0 Å². The molecule has 2 aromatic rings. The lowest BCUT2D eigenvalue weighted by molar-refractivity contribution is -0.122. The van der Waals surface area contributed by atoms with E-state index in [2.05, 4.69) is 39.6 Å². The number of nitrogens with zero attached hydrogens (tertiary/aromatic N) is 2. The van der Waals surface area contributed by atoms with E-state index in [-0.39, 0.29) is 23.7 Å². The lowest BCUT2D eigenvalue weighted by atomic mass is 10.2. The van der Waals surface area contributed by atoms with Crippen LogP contribution in [-0.4, -0.2) is 49.9 Å². The number of hydrogen-bond donors (Lipinski definition) is 2. The second kappa shape index (κ2) is 8.25. The van der Waals surface area contributed by atoms with E-state index in [1.807, 2.05) is 43.3 Å². The highest BCUT2D eigenvalue weighted by atomic mass is 16.2. The number of likely N-dealkylation sites (N-methyl/N-ethyl adjacent to an activating group) is 1. The quantitative estimate of drug-likeness (QED) is 0.821. The summed E-state index contributed by atoms with van der Waals surface area (Å²) in [4.78, 5) is 29.6. The molecular weight excluding hydrogens is 364 g/mol. The molecule has 2 fully saturated rings. The number of amides is 2. The first-order valence-electron chi connectivity index (χ1n) is 10.2. The smallest absolute Gasteiger partial charge is 0.228 e. The molecule has 0 aromatic heterocycles. The fourth-order valence-electron chi connectivity index (χ4n) is 3.79. The van der Waals surface area contributed by atoms with Gasteiger partial charge in [-0.2, -0.15) is 0 Å². The summed E-state index contributed by atoms with van der Waals surface area (Å²) >= 11 is 0. The number of rotatable bonds is 5. The van der Waals surface area contributed by atoms with Crippen molar-refractivity contribution in [1.29, 1.82) is 0 Å². The highest BCUT2D eigenvalue weighted by Crippen LogP contribution is 2.40. The minimum absolute atomic E-state index is 0.0817. The molecule has 29 heavy (non-hydrogen) atoms. The molecule has 2 aromatic carbocycles. The molecular formula is C23H28N4O2. The van der Waals surface area contributed by atoms with Gasteiger partial charge < -0.3 is 20.4 Å². The normalized spacial score (nSPS) is 21.5. The molecule has 1 saturated carbocycles. The van der Waals surface area contributed by atoms with Crippen molar-refractivity contribution < 1.29 is 9.59 Å². The van der Waals surface area contributed by atoms with E-state index in [1.54, 1.807) is 0 Å². The van der Waals surface area contributed by atoms with E-state index >= 15 is 0 Å². The molecule has 2 aliphatic rings. The van der Waals surface area contributed by atoms with Crippen molar-refractivity contribution >= 4 is 28.9 Å². The van der Waals surface area contributed by atoms with E-state index in [1.165, 1.54) is 5.69 Å². The number of carbonyl (C=O) groups excluding carboxylic acids is 2. The summed E-state index contributed by atoms with van der Waals surface area (Å²) in [6.07, 6.45) is 0.600. The molecule has 152 valence electrons. The van der Waals surface area contributed by atoms with Crippen LogP contribution >= 0.6 is 0 Å². The summed E-state index contributed by atoms with van der Waals surface area (Å²) in [6.45, 7) is 6.14. The van der Waals surface area contributed by atoms with Crippen molar-refractivity contribution in [3.63, 3.8) is 0 Å². The third kappa shape index (κ3) is 4.77. The zero-order chi connectivity index (χ0) is 20.4. The Morgan fingerprint density at radius 3 is 2.10 bits per heavy atom. The predicted octanol–water partition coefficient (Wildman–Crippen LogP) is 2.96. The largest absolute Gasteiger partial charge is 0.369 e. The number of benzene rings is 2. The molecule has 2 unspecified atom stereocenters. The molecule has 6 nitrogen and oxygen atoms in total. The summed E-state index contributed by atoms with van der Waals surface area (Å²) in [7, 11) is 2.14. The Labute approximate surface area is 171 Å². The van der Waals surface area contributed by atoms with Crippen molar-refractivity contribution in [1.82, 2.24) is 4.90 Å². The van der Waals surface area contributed by atoms with Crippen molar-refractivity contribution in [2.24, 2.45) is 11.8 Å². The fourth-order valence-corrected chi connectivity index (χ4v) is 3.79. The Hall–Kier alpha value is -2.86. The van der Waals surface area contributed by atoms with E-state index < -0.39 is 0 Å². The average Bonchev–Trinajstić information content (AvgIpc) is 3.51. The maximum absolute atomic E-state index is 12.5. The Morgan fingerprint density at radius 1 is 0.862 bits per heavy atom. The van der Waals surface area contributed by atoms with Gasteiger partial charge in [0.05, 0.1) is 11.8 Å². The maximum atomic E-state index is 12.5.